The van der Waals surface area contributed by atoms with Crippen LogP contribution in [0.5, 0.6) is 0 Å². The maximum absolute atomic E-state index is 12.5. The maximum Gasteiger partial charge on any atom is 0.332 e. The van der Waals surface area contributed by atoms with Gasteiger partial charge in [-0.05, 0) is 24.1 Å². The Balaban J connectivity index is 1.73. The molecule has 2 heterocycles. The van der Waals surface area contributed by atoms with E-state index in [1.807, 2.05) is 12.1 Å². The number of anilines is 1. The van der Waals surface area contributed by atoms with Crippen molar-refractivity contribution in [1.82, 2.24) is 24.0 Å². The zero-order valence-corrected chi connectivity index (χ0v) is 14.6. The van der Waals surface area contributed by atoms with Crippen LogP contribution in [0.1, 0.15) is 5.56 Å². The number of aromatic nitrogens is 4. The number of imidazole rings is 1. The van der Waals surface area contributed by atoms with Crippen molar-refractivity contribution in [3.8, 4) is 0 Å². The van der Waals surface area contributed by atoms with Crippen LogP contribution in [0, 0.1) is 0 Å². The van der Waals surface area contributed by atoms with E-state index in [-0.39, 0.29) is 12.1 Å². The van der Waals surface area contributed by atoms with Gasteiger partial charge in [0.2, 0.25) is 5.91 Å². The predicted molar refractivity (Wildman–Crippen MR) is 97.8 cm³/mol. The van der Waals surface area contributed by atoms with Crippen LogP contribution < -0.4 is 22.3 Å². The Hall–Kier alpha value is -3.36. The number of carbonyl (C=O) groups is 1. The van der Waals surface area contributed by atoms with Crippen molar-refractivity contribution in [3.63, 3.8) is 0 Å². The van der Waals surface area contributed by atoms with Gasteiger partial charge < -0.3 is 15.6 Å². The number of aryl methyl sites for hydroxylation is 2. The summed E-state index contributed by atoms with van der Waals surface area (Å²) in [6.07, 6.45) is 2.09. The van der Waals surface area contributed by atoms with E-state index < -0.39 is 17.2 Å². The normalized spacial score (nSPS) is 11.0. The second kappa shape index (κ2) is 6.87. The van der Waals surface area contributed by atoms with Crippen molar-refractivity contribution in [1.29, 1.82) is 0 Å². The van der Waals surface area contributed by atoms with Crippen molar-refractivity contribution >= 4 is 22.8 Å². The molecule has 0 aliphatic carbocycles. The first-order chi connectivity index (χ1) is 12.4. The number of rotatable bonds is 5. The van der Waals surface area contributed by atoms with Gasteiger partial charge in [-0.3, -0.25) is 14.2 Å². The van der Waals surface area contributed by atoms with Crippen molar-refractivity contribution < 1.29 is 4.79 Å². The predicted octanol–water partition coefficient (Wildman–Crippen LogP) is -0.625. The van der Waals surface area contributed by atoms with Gasteiger partial charge in [-0.25, -0.2) is 14.3 Å². The molecule has 3 rings (SSSR count). The first kappa shape index (κ1) is 17.5. The van der Waals surface area contributed by atoms with Gasteiger partial charge in [0.05, 0.1) is 6.33 Å². The monoisotopic (exact) mass is 356 g/mol. The van der Waals surface area contributed by atoms with Gasteiger partial charge in [-0.15, -0.1) is 0 Å². The average Bonchev–Trinajstić information content (AvgIpc) is 3.00. The number of hydrogen-bond donors (Lipinski definition) is 2. The smallest absolute Gasteiger partial charge is 0.332 e. The number of nitrogens with zero attached hydrogens (tertiary/aromatic N) is 4. The first-order valence-corrected chi connectivity index (χ1v) is 8.10. The molecule has 9 heteroatoms. The molecule has 0 aliphatic heterocycles. The Labute approximate surface area is 148 Å². The summed E-state index contributed by atoms with van der Waals surface area (Å²) in [4.78, 5) is 41.1. The molecule has 0 atom stereocenters. The van der Waals surface area contributed by atoms with E-state index >= 15 is 0 Å². The van der Waals surface area contributed by atoms with Crippen LogP contribution in [0.25, 0.3) is 11.2 Å². The summed E-state index contributed by atoms with van der Waals surface area (Å²) in [5, 5.41) is 2.72. The lowest BCUT2D eigenvalue weighted by Crippen LogP contribution is -2.43. The molecule has 9 nitrogen and oxygen atoms in total. The third-order valence-electron chi connectivity index (χ3n) is 4.22. The second-order valence-electron chi connectivity index (χ2n) is 6.10. The summed E-state index contributed by atoms with van der Waals surface area (Å²) < 4.78 is 3.72. The summed E-state index contributed by atoms with van der Waals surface area (Å²) in [5.41, 5.74) is 6.81. The van der Waals surface area contributed by atoms with Gasteiger partial charge in [0.1, 0.15) is 6.54 Å². The molecular weight excluding hydrogens is 336 g/mol. The highest BCUT2D eigenvalue weighted by Gasteiger charge is 2.16. The van der Waals surface area contributed by atoms with Crippen molar-refractivity contribution in [2.24, 2.45) is 14.1 Å². The molecule has 0 saturated heterocycles. The molecule has 0 unspecified atom stereocenters. The van der Waals surface area contributed by atoms with Crippen molar-refractivity contribution in [3.05, 3.63) is 57.0 Å². The highest BCUT2D eigenvalue weighted by molar-refractivity contribution is 5.76. The number of fused-ring (bicyclic) bond motifs is 1. The number of hydrogen-bond acceptors (Lipinski definition) is 5. The van der Waals surface area contributed by atoms with Gasteiger partial charge >= 0.3 is 5.69 Å². The fraction of sp³-hybridized carbons (Fsp3) is 0.294. The Morgan fingerprint density at radius 3 is 2.58 bits per heavy atom. The number of nitrogens with two attached hydrogens (primary N) is 1. The molecular formula is C17H20N6O3. The number of amides is 1. The zero-order valence-electron chi connectivity index (χ0n) is 14.6. The third-order valence-corrected chi connectivity index (χ3v) is 4.22. The van der Waals surface area contributed by atoms with Crippen LogP contribution in [0.2, 0.25) is 0 Å². The second-order valence-corrected chi connectivity index (χ2v) is 6.10. The van der Waals surface area contributed by atoms with Gasteiger partial charge in [0.15, 0.2) is 11.2 Å². The Bertz CT molecular complexity index is 1070. The van der Waals surface area contributed by atoms with Gasteiger partial charge in [-0.2, -0.15) is 0 Å². The molecule has 0 aliphatic rings. The minimum atomic E-state index is -0.574. The molecule has 1 amide bonds. The summed E-state index contributed by atoms with van der Waals surface area (Å²) in [7, 11) is 3.19. The molecule has 136 valence electrons. The summed E-state index contributed by atoms with van der Waals surface area (Å²) in [6, 6.07) is 7.36. The minimum absolute atomic E-state index is 0.279. The highest BCUT2D eigenvalue weighted by atomic mass is 16.2. The van der Waals surface area contributed by atoms with Crippen molar-refractivity contribution in [2.45, 2.75) is 13.0 Å². The van der Waals surface area contributed by atoms with E-state index in [0.29, 0.717) is 24.3 Å². The number of carbonyl (C=O) groups excluding carboxylic acids is 1. The molecule has 1 aromatic carbocycles. The van der Waals surface area contributed by atoms with Crippen LogP contribution >= 0.6 is 0 Å². The molecule has 3 N–H and O–H groups in total. The number of benzene rings is 1. The SMILES string of the molecule is Cn1cnc2c1c(=O)n(CC(=O)NCCc1ccc(N)cc1)c(=O)n2C. The largest absolute Gasteiger partial charge is 0.399 e. The molecule has 2 aromatic heterocycles. The molecule has 0 spiro atoms. The van der Waals surface area contributed by atoms with E-state index in [0.717, 1.165) is 10.1 Å². The zero-order chi connectivity index (χ0) is 18.8. The molecule has 0 saturated carbocycles. The number of nitrogens with one attached hydrogen (secondary N) is 1. The molecule has 26 heavy (non-hydrogen) atoms. The van der Waals surface area contributed by atoms with Gasteiger partial charge in [0.25, 0.3) is 5.56 Å². The Kier molecular flexibility index (Phi) is 4.61. The molecule has 0 radical (unpaired) electrons. The number of nitrogen functional groups attached to an aromatic ring is 1. The molecule has 3 aromatic rings. The lowest BCUT2D eigenvalue weighted by molar-refractivity contribution is -0.121. The van der Waals surface area contributed by atoms with Crippen LogP contribution in [-0.2, 0) is 31.9 Å². The average molecular weight is 356 g/mol. The summed E-state index contributed by atoms with van der Waals surface area (Å²) in [5.74, 6) is -0.402. The maximum atomic E-state index is 12.5. The Morgan fingerprint density at radius 1 is 1.19 bits per heavy atom. The van der Waals surface area contributed by atoms with Gasteiger partial charge in [0, 0.05) is 26.3 Å². The quantitative estimate of drug-likeness (QED) is 0.591. The van der Waals surface area contributed by atoms with E-state index in [1.54, 1.807) is 19.2 Å². The lowest BCUT2D eigenvalue weighted by atomic mass is 10.1. The molecule has 0 bridgehead atoms. The minimum Gasteiger partial charge on any atom is -0.399 e. The topological polar surface area (TPSA) is 117 Å². The Morgan fingerprint density at radius 2 is 1.88 bits per heavy atom. The summed E-state index contributed by atoms with van der Waals surface area (Å²) >= 11 is 0. The standard InChI is InChI=1S/C17H20N6O3/c1-21-10-20-15-14(21)16(25)23(17(26)22(15)2)9-13(24)19-8-7-11-3-5-12(18)6-4-11/h3-6,10H,7-9,18H2,1-2H3,(H,19,24). The first-order valence-electron chi connectivity index (χ1n) is 8.10. The van der Waals surface area contributed by atoms with Crippen LogP contribution in [-0.4, -0.2) is 31.1 Å². The van der Waals surface area contributed by atoms with Crippen LogP contribution in [0.4, 0.5) is 5.69 Å². The van der Waals surface area contributed by atoms with Gasteiger partial charge in [-0.1, -0.05) is 12.1 Å². The third kappa shape index (κ3) is 3.23. The lowest BCUT2D eigenvalue weighted by Gasteiger charge is -2.09. The highest BCUT2D eigenvalue weighted by Crippen LogP contribution is 2.05. The summed E-state index contributed by atoms with van der Waals surface area (Å²) in [6.45, 7) is 0.0557. The fourth-order valence-electron chi connectivity index (χ4n) is 2.77. The van der Waals surface area contributed by atoms with Crippen molar-refractivity contribution in [2.75, 3.05) is 12.3 Å². The van der Waals surface area contributed by atoms with E-state index in [9.17, 15) is 14.4 Å². The van der Waals surface area contributed by atoms with E-state index in [1.165, 1.54) is 22.5 Å². The van der Waals surface area contributed by atoms with Crippen LogP contribution in [0.3, 0.4) is 0 Å². The van der Waals surface area contributed by atoms with E-state index in [2.05, 4.69) is 10.3 Å². The fourth-order valence-corrected chi connectivity index (χ4v) is 2.77. The van der Waals surface area contributed by atoms with E-state index in [4.69, 9.17) is 5.73 Å². The molecule has 0 fully saturated rings. The van der Waals surface area contributed by atoms with Crippen LogP contribution in [0.15, 0.2) is 40.2 Å².